The van der Waals surface area contributed by atoms with Gasteiger partial charge in [0.25, 0.3) is 0 Å². The average molecular weight is 479 g/mol. The lowest BCUT2D eigenvalue weighted by Gasteiger charge is -2.14. The minimum atomic E-state index is 0. The van der Waals surface area contributed by atoms with Crippen LogP contribution < -0.4 is 20.1 Å². The van der Waals surface area contributed by atoms with Gasteiger partial charge < -0.3 is 20.1 Å². The molecular formula is C21H26IN3O2. The van der Waals surface area contributed by atoms with Crippen molar-refractivity contribution in [2.75, 3.05) is 20.8 Å². The minimum Gasteiger partial charge on any atom is -0.493 e. The summed E-state index contributed by atoms with van der Waals surface area (Å²) in [5, 5.41) is 6.59. The number of aliphatic imine (C=N–C) groups is 1. The SMILES string of the molecule is C#CCOc1cc(CNC(=NC)NCc2ccc(C)cc2)ccc1OC.I. The molecule has 0 amide bonds. The quantitative estimate of drug-likeness (QED) is 0.276. The van der Waals surface area contributed by atoms with Crippen molar-refractivity contribution in [2.45, 2.75) is 20.0 Å². The molecule has 2 rings (SSSR count). The van der Waals surface area contributed by atoms with Crippen LogP contribution in [0.1, 0.15) is 16.7 Å². The van der Waals surface area contributed by atoms with Crippen molar-refractivity contribution in [1.82, 2.24) is 10.6 Å². The van der Waals surface area contributed by atoms with Crippen LogP contribution in [0.4, 0.5) is 0 Å². The largest absolute Gasteiger partial charge is 0.493 e. The molecule has 5 nitrogen and oxygen atoms in total. The van der Waals surface area contributed by atoms with Crippen LogP contribution in [-0.2, 0) is 13.1 Å². The molecule has 0 atom stereocenters. The Hall–Kier alpha value is -2.40. The molecule has 0 saturated heterocycles. The molecule has 0 fully saturated rings. The van der Waals surface area contributed by atoms with Gasteiger partial charge in [0.1, 0.15) is 6.61 Å². The van der Waals surface area contributed by atoms with Gasteiger partial charge in [-0.15, -0.1) is 30.4 Å². The van der Waals surface area contributed by atoms with Crippen LogP contribution in [0.3, 0.4) is 0 Å². The van der Waals surface area contributed by atoms with Gasteiger partial charge in [-0.3, -0.25) is 4.99 Å². The van der Waals surface area contributed by atoms with Crippen molar-refractivity contribution in [3.8, 4) is 23.8 Å². The molecule has 0 aliphatic carbocycles. The highest BCUT2D eigenvalue weighted by Gasteiger charge is 2.06. The fraction of sp³-hybridized carbons (Fsp3) is 0.286. The van der Waals surface area contributed by atoms with Crippen molar-refractivity contribution in [2.24, 2.45) is 4.99 Å². The molecule has 0 aliphatic rings. The maximum atomic E-state index is 5.53. The smallest absolute Gasteiger partial charge is 0.191 e. The van der Waals surface area contributed by atoms with E-state index in [-0.39, 0.29) is 30.6 Å². The molecule has 27 heavy (non-hydrogen) atoms. The van der Waals surface area contributed by atoms with Gasteiger partial charge in [0.15, 0.2) is 17.5 Å². The van der Waals surface area contributed by atoms with Gasteiger partial charge in [-0.2, -0.15) is 0 Å². The van der Waals surface area contributed by atoms with Gasteiger partial charge in [-0.05, 0) is 30.2 Å². The number of aryl methyl sites for hydroxylation is 1. The third-order valence-electron chi connectivity index (χ3n) is 3.80. The highest BCUT2D eigenvalue weighted by Crippen LogP contribution is 2.27. The molecule has 0 unspecified atom stereocenters. The number of terminal acetylenes is 1. The Balaban J connectivity index is 0.00000364. The molecule has 0 aliphatic heterocycles. The number of methoxy groups -OCH3 is 1. The van der Waals surface area contributed by atoms with E-state index in [2.05, 4.69) is 52.7 Å². The molecule has 0 aromatic heterocycles. The van der Waals surface area contributed by atoms with Crippen LogP contribution in [0.15, 0.2) is 47.5 Å². The Kier molecular flexibility index (Phi) is 10.1. The van der Waals surface area contributed by atoms with Crippen molar-refractivity contribution >= 4 is 29.9 Å². The number of ether oxygens (including phenoxy) is 2. The maximum absolute atomic E-state index is 5.53. The van der Waals surface area contributed by atoms with E-state index in [0.717, 1.165) is 11.5 Å². The lowest BCUT2D eigenvalue weighted by molar-refractivity contribution is 0.330. The van der Waals surface area contributed by atoms with E-state index in [0.29, 0.717) is 24.6 Å². The standard InChI is InChI=1S/C21H25N3O2.HI/c1-5-12-26-20-13-18(10-11-19(20)25-4)15-24-21(22-3)23-14-17-8-6-16(2)7-9-17;/h1,6-11,13H,12,14-15H2,2-4H3,(H2,22,23,24);1H. The van der Waals surface area contributed by atoms with Gasteiger partial charge in [0.2, 0.25) is 0 Å². The Bertz CT molecular complexity index is 783. The highest BCUT2D eigenvalue weighted by molar-refractivity contribution is 14.0. The lowest BCUT2D eigenvalue weighted by Crippen LogP contribution is -2.36. The molecule has 0 radical (unpaired) electrons. The van der Waals surface area contributed by atoms with Gasteiger partial charge >= 0.3 is 0 Å². The summed E-state index contributed by atoms with van der Waals surface area (Å²) < 4.78 is 10.8. The van der Waals surface area contributed by atoms with E-state index in [1.165, 1.54) is 11.1 Å². The van der Waals surface area contributed by atoms with Crippen LogP contribution >= 0.6 is 24.0 Å². The van der Waals surface area contributed by atoms with Crippen LogP contribution in [0, 0.1) is 19.3 Å². The molecule has 0 heterocycles. The van der Waals surface area contributed by atoms with E-state index < -0.39 is 0 Å². The number of guanidine groups is 1. The second kappa shape index (κ2) is 12.1. The van der Waals surface area contributed by atoms with E-state index in [4.69, 9.17) is 15.9 Å². The number of hydrogen-bond acceptors (Lipinski definition) is 3. The number of nitrogens with zero attached hydrogens (tertiary/aromatic N) is 1. The minimum absolute atomic E-state index is 0. The molecule has 6 heteroatoms. The highest BCUT2D eigenvalue weighted by atomic mass is 127. The third kappa shape index (κ3) is 7.39. The second-order valence-electron chi connectivity index (χ2n) is 5.74. The van der Waals surface area contributed by atoms with Gasteiger partial charge in [0, 0.05) is 20.1 Å². The summed E-state index contributed by atoms with van der Waals surface area (Å²) in [6, 6.07) is 14.2. The summed E-state index contributed by atoms with van der Waals surface area (Å²) in [5.41, 5.74) is 3.49. The Labute approximate surface area is 178 Å². The first-order chi connectivity index (χ1) is 12.7. The normalized spacial score (nSPS) is 10.4. The van der Waals surface area contributed by atoms with Gasteiger partial charge in [-0.25, -0.2) is 0 Å². The van der Waals surface area contributed by atoms with E-state index in [9.17, 15) is 0 Å². The zero-order valence-electron chi connectivity index (χ0n) is 15.9. The average Bonchev–Trinajstić information content (AvgIpc) is 2.67. The monoisotopic (exact) mass is 479 g/mol. The summed E-state index contributed by atoms with van der Waals surface area (Å²) >= 11 is 0. The first-order valence-corrected chi connectivity index (χ1v) is 8.39. The predicted octanol–water partition coefficient (Wildman–Crippen LogP) is 3.50. The Morgan fingerprint density at radius 1 is 1.04 bits per heavy atom. The van der Waals surface area contributed by atoms with Crippen molar-refractivity contribution in [1.29, 1.82) is 0 Å². The van der Waals surface area contributed by atoms with Crippen LogP contribution in [0.25, 0.3) is 0 Å². The van der Waals surface area contributed by atoms with E-state index in [1.54, 1.807) is 14.2 Å². The number of nitrogens with one attached hydrogen (secondary N) is 2. The zero-order chi connectivity index (χ0) is 18.8. The Morgan fingerprint density at radius 3 is 2.26 bits per heavy atom. The summed E-state index contributed by atoms with van der Waals surface area (Å²) in [4.78, 5) is 4.25. The molecule has 2 N–H and O–H groups in total. The van der Waals surface area contributed by atoms with Crippen molar-refractivity contribution < 1.29 is 9.47 Å². The summed E-state index contributed by atoms with van der Waals surface area (Å²) in [6.45, 7) is 3.59. The van der Waals surface area contributed by atoms with Crippen LogP contribution in [0.5, 0.6) is 11.5 Å². The predicted molar refractivity (Wildman–Crippen MR) is 121 cm³/mol. The zero-order valence-corrected chi connectivity index (χ0v) is 18.2. The number of halogens is 1. The molecule has 144 valence electrons. The summed E-state index contributed by atoms with van der Waals surface area (Å²) in [6.07, 6.45) is 5.26. The molecule has 0 bridgehead atoms. The van der Waals surface area contributed by atoms with Crippen LogP contribution in [0.2, 0.25) is 0 Å². The Morgan fingerprint density at radius 2 is 1.67 bits per heavy atom. The number of rotatable bonds is 7. The van der Waals surface area contributed by atoms with Gasteiger partial charge in [-0.1, -0.05) is 41.8 Å². The summed E-state index contributed by atoms with van der Waals surface area (Å²) in [7, 11) is 3.35. The second-order valence-corrected chi connectivity index (χ2v) is 5.74. The maximum Gasteiger partial charge on any atom is 0.191 e. The summed E-state index contributed by atoms with van der Waals surface area (Å²) in [5.74, 6) is 4.48. The number of benzene rings is 2. The molecular weight excluding hydrogens is 453 g/mol. The molecule has 0 saturated carbocycles. The van der Waals surface area contributed by atoms with Crippen molar-refractivity contribution in [3.63, 3.8) is 0 Å². The van der Waals surface area contributed by atoms with Crippen LogP contribution in [-0.4, -0.2) is 26.7 Å². The third-order valence-corrected chi connectivity index (χ3v) is 3.80. The molecule has 0 spiro atoms. The van der Waals surface area contributed by atoms with E-state index in [1.807, 2.05) is 18.2 Å². The number of hydrogen-bond donors (Lipinski definition) is 2. The van der Waals surface area contributed by atoms with Crippen molar-refractivity contribution in [3.05, 3.63) is 59.2 Å². The first-order valence-electron chi connectivity index (χ1n) is 8.39. The van der Waals surface area contributed by atoms with Gasteiger partial charge in [0.05, 0.1) is 7.11 Å². The first kappa shape index (κ1) is 22.6. The molecule has 2 aromatic carbocycles. The topological polar surface area (TPSA) is 54.9 Å². The molecule has 2 aromatic rings. The lowest BCUT2D eigenvalue weighted by atomic mass is 10.1. The van der Waals surface area contributed by atoms with E-state index >= 15 is 0 Å². The fourth-order valence-corrected chi connectivity index (χ4v) is 2.36. The fourth-order valence-electron chi connectivity index (χ4n) is 2.36.